The third-order valence-corrected chi connectivity index (χ3v) is 7.72. The lowest BCUT2D eigenvalue weighted by Gasteiger charge is -2.31. The number of carboxylic acids is 2. The number of esters is 2. The average Bonchev–Trinajstić information content (AvgIpc) is 2.89. The Morgan fingerprint density at radius 2 is 0.946 bits per heavy atom. The second kappa shape index (κ2) is 11.3. The second-order valence-electron chi connectivity index (χ2n) is 9.16. The number of carbonyl (C=O) groups is 4. The van der Waals surface area contributed by atoms with Crippen molar-refractivity contribution in [2.45, 2.75) is 25.7 Å². The molecule has 2 aromatic carbocycles. The molecule has 0 saturated carbocycles. The molecule has 0 amide bonds. The first-order valence-corrected chi connectivity index (χ1v) is 12.5. The van der Waals surface area contributed by atoms with E-state index in [1.54, 1.807) is 48.5 Å². The Morgan fingerprint density at radius 3 is 1.27 bits per heavy atom. The molecule has 0 saturated heterocycles. The molecule has 4 rings (SSSR count). The zero-order valence-corrected chi connectivity index (χ0v) is 21.1. The summed E-state index contributed by atoms with van der Waals surface area (Å²) < 4.78 is 5.19. The Morgan fingerprint density at radius 1 is 0.595 bits per heavy atom. The summed E-state index contributed by atoms with van der Waals surface area (Å²) in [4.78, 5) is 50.3. The molecule has 2 aromatic rings. The van der Waals surface area contributed by atoms with Gasteiger partial charge in [-0.2, -0.15) is 0 Å². The second-order valence-corrected chi connectivity index (χ2v) is 10.1. The molecule has 192 valence electrons. The third kappa shape index (κ3) is 5.78. The van der Waals surface area contributed by atoms with Crippen molar-refractivity contribution < 1.29 is 34.1 Å². The quantitative estimate of drug-likeness (QED) is 0.361. The predicted molar refractivity (Wildman–Crippen MR) is 137 cm³/mol. The maximum Gasteiger partial charge on any atom is 0.317 e. The van der Waals surface area contributed by atoms with E-state index in [0.29, 0.717) is 21.2 Å². The molecule has 9 heteroatoms. The Kier molecular flexibility index (Phi) is 8.15. The van der Waals surface area contributed by atoms with Gasteiger partial charge < -0.3 is 14.9 Å². The summed E-state index contributed by atoms with van der Waals surface area (Å²) in [5, 5.41) is 20.2. The summed E-state index contributed by atoms with van der Waals surface area (Å²) in [7, 11) is 0. The molecule has 0 fully saturated rings. The van der Waals surface area contributed by atoms with E-state index < -0.39 is 47.5 Å². The van der Waals surface area contributed by atoms with Gasteiger partial charge in [0.25, 0.3) is 0 Å². The fourth-order valence-corrected chi connectivity index (χ4v) is 5.66. The van der Waals surface area contributed by atoms with Crippen molar-refractivity contribution >= 4 is 58.2 Å². The van der Waals surface area contributed by atoms with E-state index in [2.05, 4.69) is 0 Å². The van der Waals surface area contributed by atoms with Crippen LogP contribution in [0.25, 0.3) is 11.1 Å². The van der Waals surface area contributed by atoms with Crippen molar-refractivity contribution in [3.8, 4) is 0 Å². The fraction of sp³-hybridized carbons (Fsp3) is 0.286. The van der Waals surface area contributed by atoms with Gasteiger partial charge in [-0.1, -0.05) is 83.9 Å². The summed E-state index contributed by atoms with van der Waals surface area (Å²) in [5.74, 6) is -9.20. The highest BCUT2D eigenvalue weighted by Crippen LogP contribution is 2.44. The molecule has 0 heterocycles. The van der Waals surface area contributed by atoms with Gasteiger partial charge in [-0.25, -0.2) is 0 Å². The monoisotopic (exact) mass is 542 g/mol. The van der Waals surface area contributed by atoms with Crippen LogP contribution in [0, 0.1) is 23.7 Å². The third-order valence-electron chi connectivity index (χ3n) is 6.96. The minimum atomic E-state index is -1.23. The minimum absolute atomic E-state index is 0.0278. The molecule has 0 aliphatic heterocycles. The molecule has 0 radical (unpaired) electrons. The molecule has 0 spiro atoms. The molecule has 2 N–H and O–H groups in total. The van der Waals surface area contributed by atoms with E-state index in [1.165, 1.54) is 0 Å². The van der Waals surface area contributed by atoms with Gasteiger partial charge in [-0.05, 0) is 48.0 Å². The summed E-state index contributed by atoms with van der Waals surface area (Å²) in [6.45, 7) is 0. The molecular formula is C28H24Cl2O7. The van der Waals surface area contributed by atoms with Crippen LogP contribution in [-0.4, -0.2) is 34.1 Å². The number of aliphatic carboxylic acids is 2. The fourth-order valence-electron chi connectivity index (χ4n) is 4.96. The smallest absolute Gasteiger partial charge is 0.317 e. The van der Waals surface area contributed by atoms with E-state index in [4.69, 9.17) is 27.9 Å². The van der Waals surface area contributed by atoms with Crippen molar-refractivity contribution in [2.75, 3.05) is 0 Å². The largest absolute Gasteiger partial charge is 0.481 e. The highest BCUT2D eigenvalue weighted by molar-refractivity contribution is 6.33. The van der Waals surface area contributed by atoms with Crippen LogP contribution in [0.2, 0.25) is 0 Å². The van der Waals surface area contributed by atoms with Crippen LogP contribution in [0.4, 0.5) is 0 Å². The molecule has 37 heavy (non-hydrogen) atoms. The zero-order chi connectivity index (χ0) is 26.7. The maximum atomic E-state index is 13.2. The molecule has 4 atom stereocenters. The van der Waals surface area contributed by atoms with E-state index >= 15 is 0 Å². The lowest BCUT2D eigenvalue weighted by Crippen LogP contribution is -2.39. The van der Waals surface area contributed by atoms with Crippen LogP contribution in [0.5, 0.6) is 0 Å². The van der Waals surface area contributed by atoms with Crippen molar-refractivity contribution in [3.63, 3.8) is 0 Å². The van der Waals surface area contributed by atoms with Gasteiger partial charge in [-0.15, -0.1) is 0 Å². The highest BCUT2D eigenvalue weighted by Gasteiger charge is 2.44. The highest BCUT2D eigenvalue weighted by atomic mass is 35.5. The average molecular weight is 543 g/mol. The van der Waals surface area contributed by atoms with Gasteiger partial charge in [0.05, 0.1) is 23.7 Å². The van der Waals surface area contributed by atoms with Crippen LogP contribution >= 0.6 is 23.2 Å². The summed E-state index contributed by atoms with van der Waals surface area (Å²) >= 11 is 12.8. The zero-order valence-electron chi connectivity index (χ0n) is 19.6. The first-order chi connectivity index (χ1) is 17.7. The van der Waals surface area contributed by atoms with E-state index in [-0.39, 0.29) is 25.7 Å². The summed E-state index contributed by atoms with van der Waals surface area (Å²) in [5.41, 5.74) is 2.70. The van der Waals surface area contributed by atoms with Gasteiger partial charge in [0.15, 0.2) is 0 Å². The van der Waals surface area contributed by atoms with Gasteiger partial charge in [0, 0.05) is 10.1 Å². The van der Waals surface area contributed by atoms with Crippen LogP contribution in [0.15, 0.2) is 70.7 Å². The van der Waals surface area contributed by atoms with Gasteiger partial charge in [-0.3, -0.25) is 19.2 Å². The van der Waals surface area contributed by atoms with Crippen LogP contribution < -0.4 is 0 Å². The SMILES string of the molecule is O=C(O)C1CC(Cl)=C(c2ccccc2)CC1C(=O)OC(=O)C1CC(c2ccccc2)=C(Cl)CC1C(=O)O. The first-order valence-electron chi connectivity index (χ1n) is 11.7. The van der Waals surface area contributed by atoms with E-state index in [9.17, 15) is 29.4 Å². The Balaban J connectivity index is 1.58. The number of hydrogen-bond acceptors (Lipinski definition) is 5. The molecule has 2 aliphatic carbocycles. The molecule has 7 nitrogen and oxygen atoms in total. The lowest BCUT2D eigenvalue weighted by molar-refractivity contribution is -0.172. The van der Waals surface area contributed by atoms with Crippen molar-refractivity contribution in [3.05, 3.63) is 81.9 Å². The Hall–Kier alpha value is -3.42. The normalized spacial score (nSPS) is 23.9. The van der Waals surface area contributed by atoms with Crippen LogP contribution in [0.3, 0.4) is 0 Å². The standard InChI is InChI=1S/C28H24Cl2O7/c29-23-13-19(25(31)32)21(11-17(23)15-7-3-1-4-8-15)27(35)37-28(36)22-12-18(16-9-5-2-6-10-16)24(30)14-20(22)26(33)34/h1-10,19-22H,11-14H2,(H,31,32)(H,33,34). The van der Waals surface area contributed by atoms with Crippen LogP contribution in [-0.2, 0) is 23.9 Å². The topological polar surface area (TPSA) is 118 Å². The Bertz CT molecular complexity index is 1180. The van der Waals surface area contributed by atoms with Crippen molar-refractivity contribution in [1.29, 1.82) is 0 Å². The molecule has 2 aliphatic rings. The molecule has 0 bridgehead atoms. The van der Waals surface area contributed by atoms with Crippen LogP contribution in [0.1, 0.15) is 36.8 Å². The molecule has 4 unspecified atom stereocenters. The maximum absolute atomic E-state index is 13.2. The predicted octanol–water partition coefficient (Wildman–Crippen LogP) is 5.58. The summed E-state index contributed by atoms with van der Waals surface area (Å²) in [6, 6.07) is 18.0. The van der Waals surface area contributed by atoms with Gasteiger partial charge in [0.2, 0.25) is 0 Å². The number of rotatable bonds is 6. The minimum Gasteiger partial charge on any atom is -0.481 e. The van der Waals surface area contributed by atoms with E-state index in [0.717, 1.165) is 11.1 Å². The number of benzene rings is 2. The molecular weight excluding hydrogens is 519 g/mol. The number of halogens is 2. The molecule has 0 aromatic heterocycles. The van der Waals surface area contributed by atoms with Crippen molar-refractivity contribution in [2.24, 2.45) is 23.7 Å². The van der Waals surface area contributed by atoms with Gasteiger partial charge >= 0.3 is 23.9 Å². The Labute approximate surface area is 223 Å². The number of carboxylic acid groups (broad SMARTS) is 2. The number of ether oxygens (including phenoxy) is 1. The summed E-state index contributed by atoms with van der Waals surface area (Å²) in [6.07, 6.45) is -0.237. The lowest BCUT2D eigenvalue weighted by atomic mass is 9.76. The van der Waals surface area contributed by atoms with Gasteiger partial charge in [0.1, 0.15) is 0 Å². The number of hydrogen-bond donors (Lipinski definition) is 2. The van der Waals surface area contributed by atoms with E-state index in [1.807, 2.05) is 12.1 Å². The number of carbonyl (C=O) groups excluding carboxylic acids is 2. The van der Waals surface area contributed by atoms with Crippen molar-refractivity contribution in [1.82, 2.24) is 0 Å². The number of allylic oxidation sites excluding steroid dienone is 4. The first kappa shape index (κ1) is 26.6.